The van der Waals surface area contributed by atoms with Crippen LogP contribution in [0, 0.1) is 17.6 Å². The molecule has 21 heavy (non-hydrogen) atoms. The van der Waals surface area contributed by atoms with Crippen LogP contribution in [0.15, 0.2) is 46.9 Å². The van der Waals surface area contributed by atoms with Gasteiger partial charge in [-0.25, -0.2) is 8.78 Å². The highest BCUT2D eigenvalue weighted by Gasteiger charge is 2.16. The van der Waals surface area contributed by atoms with Crippen molar-refractivity contribution >= 4 is 15.9 Å². The molecule has 0 aromatic heterocycles. The summed E-state index contributed by atoms with van der Waals surface area (Å²) in [5.74, 6) is -0.790. The highest BCUT2D eigenvalue weighted by atomic mass is 79.9. The summed E-state index contributed by atoms with van der Waals surface area (Å²) < 4.78 is 28.6. The second-order valence-corrected chi connectivity index (χ2v) is 6.07. The Labute approximate surface area is 132 Å². The summed E-state index contributed by atoms with van der Waals surface area (Å²) in [6, 6.07) is 12.1. The van der Waals surface area contributed by atoms with Gasteiger partial charge in [-0.05, 0) is 62.2 Å². The largest absolute Gasteiger partial charge is 0.319 e. The van der Waals surface area contributed by atoms with E-state index in [4.69, 9.17) is 0 Å². The van der Waals surface area contributed by atoms with Gasteiger partial charge in [0.05, 0.1) is 0 Å². The molecule has 0 aliphatic rings. The van der Waals surface area contributed by atoms with Crippen LogP contribution in [0.5, 0.6) is 0 Å². The standard InChI is InChI=1S/C17H18BrF2N/c1-21-11-13(9-12-5-7-14(18)8-6-12)10-15-16(19)3-2-4-17(15)20/h2-8,13,21H,9-11H2,1H3. The molecule has 4 heteroatoms. The third kappa shape index (κ3) is 4.61. The first-order valence-corrected chi connectivity index (χ1v) is 7.71. The molecule has 0 radical (unpaired) electrons. The second kappa shape index (κ2) is 7.66. The highest BCUT2D eigenvalue weighted by Crippen LogP contribution is 2.20. The number of hydrogen-bond acceptors (Lipinski definition) is 1. The predicted molar refractivity (Wildman–Crippen MR) is 85.3 cm³/mol. The fourth-order valence-corrected chi connectivity index (χ4v) is 2.74. The van der Waals surface area contributed by atoms with Crippen LogP contribution in [-0.2, 0) is 12.8 Å². The van der Waals surface area contributed by atoms with Gasteiger partial charge in [0.1, 0.15) is 11.6 Å². The van der Waals surface area contributed by atoms with Crippen molar-refractivity contribution in [3.8, 4) is 0 Å². The first-order valence-electron chi connectivity index (χ1n) is 6.92. The maximum atomic E-state index is 13.8. The lowest BCUT2D eigenvalue weighted by molar-refractivity contribution is 0.462. The predicted octanol–water partition coefficient (Wildman–Crippen LogP) is 4.35. The normalized spacial score (nSPS) is 12.4. The number of benzene rings is 2. The van der Waals surface area contributed by atoms with Gasteiger partial charge in [0.15, 0.2) is 0 Å². The number of halogens is 3. The molecule has 112 valence electrons. The summed E-state index contributed by atoms with van der Waals surface area (Å²) in [5.41, 5.74) is 1.34. The first-order chi connectivity index (χ1) is 10.1. The minimum Gasteiger partial charge on any atom is -0.319 e. The average Bonchev–Trinajstić information content (AvgIpc) is 2.45. The van der Waals surface area contributed by atoms with Crippen molar-refractivity contribution in [1.82, 2.24) is 5.32 Å². The molecule has 0 aliphatic carbocycles. The molecular weight excluding hydrogens is 336 g/mol. The molecule has 1 unspecified atom stereocenters. The van der Waals surface area contributed by atoms with Gasteiger partial charge in [-0.3, -0.25) is 0 Å². The molecule has 1 nitrogen and oxygen atoms in total. The molecule has 1 atom stereocenters. The smallest absolute Gasteiger partial charge is 0.129 e. The van der Waals surface area contributed by atoms with Crippen LogP contribution in [0.1, 0.15) is 11.1 Å². The van der Waals surface area contributed by atoms with Crippen molar-refractivity contribution in [2.45, 2.75) is 12.8 Å². The second-order valence-electron chi connectivity index (χ2n) is 5.16. The van der Waals surface area contributed by atoms with Gasteiger partial charge >= 0.3 is 0 Å². The van der Waals surface area contributed by atoms with Crippen molar-refractivity contribution in [2.75, 3.05) is 13.6 Å². The van der Waals surface area contributed by atoms with Crippen LogP contribution < -0.4 is 5.32 Å². The minimum atomic E-state index is -0.466. The van der Waals surface area contributed by atoms with Crippen LogP contribution in [-0.4, -0.2) is 13.6 Å². The van der Waals surface area contributed by atoms with Crippen molar-refractivity contribution < 1.29 is 8.78 Å². The summed E-state index contributed by atoms with van der Waals surface area (Å²) in [6.07, 6.45) is 1.16. The Morgan fingerprint density at radius 1 is 1.00 bits per heavy atom. The Balaban J connectivity index is 2.13. The van der Waals surface area contributed by atoms with E-state index in [1.165, 1.54) is 18.2 Å². The van der Waals surface area contributed by atoms with Gasteiger partial charge in [0.2, 0.25) is 0 Å². The lowest BCUT2D eigenvalue weighted by Gasteiger charge is -2.17. The van der Waals surface area contributed by atoms with E-state index >= 15 is 0 Å². The molecule has 0 amide bonds. The topological polar surface area (TPSA) is 12.0 Å². The fourth-order valence-electron chi connectivity index (χ4n) is 2.48. The molecule has 0 fully saturated rings. The number of rotatable bonds is 6. The van der Waals surface area contributed by atoms with Crippen molar-refractivity contribution in [1.29, 1.82) is 0 Å². The van der Waals surface area contributed by atoms with E-state index in [1.807, 2.05) is 31.3 Å². The summed E-state index contributed by atoms with van der Waals surface area (Å²) >= 11 is 3.40. The van der Waals surface area contributed by atoms with Crippen LogP contribution in [0.3, 0.4) is 0 Å². The molecule has 0 bridgehead atoms. The zero-order valence-corrected chi connectivity index (χ0v) is 13.5. The summed E-state index contributed by atoms with van der Waals surface area (Å²) in [7, 11) is 1.85. The minimum absolute atomic E-state index is 0.141. The van der Waals surface area contributed by atoms with Crippen LogP contribution in [0.4, 0.5) is 8.78 Å². The quantitative estimate of drug-likeness (QED) is 0.813. The van der Waals surface area contributed by atoms with Crippen LogP contribution in [0.2, 0.25) is 0 Å². The Hall–Kier alpha value is -1.26. The third-order valence-electron chi connectivity index (χ3n) is 3.48. The third-order valence-corrected chi connectivity index (χ3v) is 4.01. The molecule has 0 aliphatic heterocycles. The lowest BCUT2D eigenvalue weighted by atomic mass is 9.92. The SMILES string of the molecule is CNCC(Cc1ccc(Br)cc1)Cc1c(F)cccc1F. The average molecular weight is 354 g/mol. The Morgan fingerprint density at radius 2 is 1.62 bits per heavy atom. The van der Waals surface area contributed by atoms with Gasteiger partial charge < -0.3 is 5.32 Å². The molecule has 2 rings (SSSR count). The van der Waals surface area contributed by atoms with E-state index < -0.39 is 11.6 Å². The molecular formula is C17H18BrF2N. The molecule has 0 spiro atoms. The molecule has 1 N–H and O–H groups in total. The van der Waals surface area contributed by atoms with E-state index in [1.54, 1.807) is 0 Å². The van der Waals surface area contributed by atoms with Gasteiger partial charge in [-0.2, -0.15) is 0 Å². The van der Waals surface area contributed by atoms with E-state index in [2.05, 4.69) is 21.2 Å². The lowest BCUT2D eigenvalue weighted by Crippen LogP contribution is -2.23. The molecule has 0 heterocycles. The summed E-state index contributed by atoms with van der Waals surface area (Å²) in [5, 5.41) is 3.10. The van der Waals surface area contributed by atoms with E-state index in [-0.39, 0.29) is 11.5 Å². The zero-order chi connectivity index (χ0) is 15.2. The summed E-state index contributed by atoms with van der Waals surface area (Å²) in [4.78, 5) is 0. The van der Waals surface area contributed by atoms with Gasteiger partial charge in [0.25, 0.3) is 0 Å². The van der Waals surface area contributed by atoms with Crippen molar-refractivity contribution in [2.24, 2.45) is 5.92 Å². The first kappa shape index (κ1) is 16.1. The fraction of sp³-hybridized carbons (Fsp3) is 0.294. The van der Waals surface area contributed by atoms with E-state index in [9.17, 15) is 8.78 Å². The van der Waals surface area contributed by atoms with E-state index in [0.717, 1.165) is 16.5 Å². The Bertz CT molecular complexity index is 564. The van der Waals surface area contributed by atoms with Crippen molar-refractivity contribution in [3.63, 3.8) is 0 Å². The maximum absolute atomic E-state index is 13.8. The molecule has 0 saturated carbocycles. The molecule has 2 aromatic carbocycles. The van der Waals surface area contributed by atoms with Crippen molar-refractivity contribution in [3.05, 3.63) is 69.7 Å². The Morgan fingerprint density at radius 3 is 2.19 bits per heavy atom. The van der Waals surface area contributed by atoms with Gasteiger partial charge in [0, 0.05) is 10.0 Å². The molecule has 2 aromatic rings. The van der Waals surface area contributed by atoms with E-state index in [0.29, 0.717) is 13.0 Å². The summed E-state index contributed by atoms with van der Waals surface area (Å²) in [6.45, 7) is 0.712. The number of hydrogen-bond donors (Lipinski definition) is 1. The van der Waals surface area contributed by atoms with Crippen LogP contribution in [0.25, 0.3) is 0 Å². The van der Waals surface area contributed by atoms with Crippen LogP contribution >= 0.6 is 15.9 Å². The maximum Gasteiger partial charge on any atom is 0.129 e. The Kier molecular flexibility index (Phi) is 5.88. The molecule has 0 saturated heterocycles. The zero-order valence-electron chi connectivity index (χ0n) is 11.9. The number of nitrogens with one attached hydrogen (secondary N) is 1. The monoisotopic (exact) mass is 353 g/mol. The van der Waals surface area contributed by atoms with Gasteiger partial charge in [-0.15, -0.1) is 0 Å². The van der Waals surface area contributed by atoms with Gasteiger partial charge in [-0.1, -0.05) is 34.1 Å². The highest BCUT2D eigenvalue weighted by molar-refractivity contribution is 9.10.